The van der Waals surface area contributed by atoms with Crippen molar-refractivity contribution in [3.63, 3.8) is 0 Å². The Kier molecular flexibility index (Phi) is 5.21. The molecule has 0 spiro atoms. The summed E-state index contributed by atoms with van der Waals surface area (Å²) < 4.78 is 6.73. The Morgan fingerprint density at radius 1 is 1.55 bits per heavy atom. The van der Waals surface area contributed by atoms with Crippen molar-refractivity contribution in [1.29, 1.82) is 0 Å². The van der Waals surface area contributed by atoms with Crippen molar-refractivity contribution in [2.24, 2.45) is 0 Å². The molecule has 0 bridgehead atoms. The van der Waals surface area contributed by atoms with Gasteiger partial charge >= 0.3 is 0 Å². The number of halogens is 3. The van der Waals surface area contributed by atoms with E-state index < -0.39 is 5.60 Å². The third kappa shape index (κ3) is 3.78. The predicted molar refractivity (Wildman–Crippen MR) is 89.7 cm³/mol. The molecule has 1 atom stereocenters. The summed E-state index contributed by atoms with van der Waals surface area (Å²) in [6, 6.07) is 5.34. The second-order valence-corrected chi connectivity index (χ2v) is 7.37. The Morgan fingerprint density at radius 2 is 2.25 bits per heavy atom. The number of rotatable bonds is 2. The van der Waals surface area contributed by atoms with E-state index in [1.54, 1.807) is 17.0 Å². The first kappa shape index (κ1) is 16.3. The van der Waals surface area contributed by atoms with Gasteiger partial charge in [0, 0.05) is 21.7 Å². The Morgan fingerprint density at radius 3 is 2.90 bits per heavy atom. The monoisotopic (exact) mass is 427 g/mol. The number of hydrogen-bond acceptors (Lipinski definition) is 2. The lowest BCUT2D eigenvalue weighted by Gasteiger charge is -2.42. The number of amides is 1. The van der Waals surface area contributed by atoms with Crippen LogP contribution in [0.1, 0.15) is 24.2 Å². The number of carbonyl (C=O) groups is 1. The van der Waals surface area contributed by atoms with Crippen molar-refractivity contribution in [2.75, 3.05) is 19.0 Å². The Hall–Kier alpha value is -0.0400. The topological polar surface area (TPSA) is 29.5 Å². The minimum atomic E-state index is -0.391. The van der Waals surface area contributed by atoms with Crippen LogP contribution in [-0.4, -0.2) is 41.5 Å². The molecule has 0 aliphatic carbocycles. The van der Waals surface area contributed by atoms with Crippen LogP contribution in [0.25, 0.3) is 0 Å². The maximum Gasteiger partial charge on any atom is 0.255 e. The third-order valence-corrected chi connectivity index (χ3v) is 4.62. The molecule has 0 N–H and O–H groups in total. The lowest BCUT2D eigenvalue weighted by Crippen LogP contribution is -2.55. The molecule has 2 rings (SSSR count). The molecule has 1 aliphatic heterocycles. The van der Waals surface area contributed by atoms with E-state index in [1.165, 1.54) is 0 Å². The molecule has 1 unspecified atom stereocenters. The lowest BCUT2D eigenvalue weighted by molar-refractivity contribution is -0.117. The molecular formula is C14H16Cl2INO2. The molecule has 3 nitrogen and oxygen atoms in total. The molecule has 6 heteroatoms. The van der Waals surface area contributed by atoms with Crippen molar-refractivity contribution in [3.05, 3.63) is 32.4 Å². The zero-order chi connectivity index (χ0) is 14.9. The lowest BCUT2D eigenvalue weighted by atomic mass is 10.0. The number of nitrogens with zero attached hydrogens (tertiary/aromatic N) is 1. The van der Waals surface area contributed by atoms with E-state index in [0.717, 1.165) is 3.57 Å². The molecule has 1 saturated heterocycles. The zero-order valence-electron chi connectivity index (χ0n) is 11.3. The zero-order valence-corrected chi connectivity index (χ0v) is 15.0. The molecule has 110 valence electrons. The van der Waals surface area contributed by atoms with Gasteiger partial charge in [-0.2, -0.15) is 0 Å². The summed E-state index contributed by atoms with van der Waals surface area (Å²) in [5, 5.41) is 0.565. The second-order valence-electron chi connectivity index (χ2n) is 5.46. The van der Waals surface area contributed by atoms with Crippen molar-refractivity contribution in [1.82, 2.24) is 4.90 Å². The molecule has 1 aromatic rings. The van der Waals surface area contributed by atoms with E-state index in [2.05, 4.69) is 22.6 Å². The number of carbonyl (C=O) groups excluding carboxylic acids is 1. The molecule has 0 radical (unpaired) electrons. The first-order valence-electron chi connectivity index (χ1n) is 6.30. The van der Waals surface area contributed by atoms with Crippen LogP contribution in [0.15, 0.2) is 18.2 Å². The Labute approximate surface area is 142 Å². The van der Waals surface area contributed by atoms with E-state index in [-0.39, 0.29) is 12.0 Å². The second kappa shape index (κ2) is 6.38. The predicted octanol–water partition coefficient (Wildman–Crippen LogP) is 3.80. The molecule has 0 saturated carbocycles. The standard InChI is InChI=1S/C14H16Cl2INO2/c1-14(2)8-18(7-10(6-15)20-14)13(19)11-5-9(16)3-4-12(11)17/h3-5,10H,6-8H2,1-2H3. The van der Waals surface area contributed by atoms with Gasteiger partial charge in [-0.15, -0.1) is 11.6 Å². The third-order valence-electron chi connectivity index (χ3n) is 3.10. The summed E-state index contributed by atoms with van der Waals surface area (Å²) in [4.78, 5) is 14.5. The molecule has 1 aromatic carbocycles. The first-order chi connectivity index (χ1) is 9.32. The average Bonchev–Trinajstić information content (AvgIpc) is 2.38. The highest BCUT2D eigenvalue weighted by atomic mass is 127. The normalized spacial score (nSPS) is 21.9. The van der Waals surface area contributed by atoms with Crippen molar-refractivity contribution >= 4 is 51.7 Å². The van der Waals surface area contributed by atoms with Gasteiger partial charge in [0.25, 0.3) is 5.91 Å². The van der Waals surface area contributed by atoms with Gasteiger partial charge in [0.1, 0.15) is 0 Å². The average molecular weight is 428 g/mol. The maximum atomic E-state index is 12.7. The van der Waals surface area contributed by atoms with E-state index in [1.807, 2.05) is 19.9 Å². The number of morpholine rings is 1. The van der Waals surface area contributed by atoms with Crippen LogP contribution in [0.5, 0.6) is 0 Å². The van der Waals surface area contributed by atoms with Gasteiger partial charge in [0.15, 0.2) is 0 Å². The smallest absolute Gasteiger partial charge is 0.255 e. The summed E-state index contributed by atoms with van der Waals surface area (Å²) >= 11 is 14.0. The molecule has 1 amide bonds. The van der Waals surface area contributed by atoms with Gasteiger partial charge < -0.3 is 9.64 Å². The number of ether oxygens (including phenoxy) is 1. The highest BCUT2D eigenvalue weighted by Crippen LogP contribution is 2.25. The van der Waals surface area contributed by atoms with Gasteiger partial charge in [0.2, 0.25) is 0 Å². The van der Waals surface area contributed by atoms with Crippen LogP contribution in [0, 0.1) is 3.57 Å². The molecule has 1 aliphatic rings. The van der Waals surface area contributed by atoms with Gasteiger partial charge in [-0.3, -0.25) is 4.79 Å². The number of benzene rings is 1. The van der Waals surface area contributed by atoms with Gasteiger partial charge in [-0.1, -0.05) is 11.6 Å². The fraction of sp³-hybridized carbons (Fsp3) is 0.500. The van der Waals surface area contributed by atoms with Gasteiger partial charge in [0.05, 0.1) is 23.1 Å². The van der Waals surface area contributed by atoms with Gasteiger partial charge in [-0.25, -0.2) is 0 Å². The molecule has 1 heterocycles. The molecule has 20 heavy (non-hydrogen) atoms. The van der Waals surface area contributed by atoms with E-state index in [0.29, 0.717) is 29.6 Å². The first-order valence-corrected chi connectivity index (χ1v) is 8.29. The maximum absolute atomic E-state index is 12.7. The van der Waals surface area contributed by atoms with Gasteiger partial charge in [-0.05, 0) is 54.6 Å². The summed E-state index contributed by atoms with van der Waals surface area (Å²) in [6.45, 7) is 4.99. The van der Waals surface area contributed by atoms with Crippen molar-refractivity contribution in [2.45, 2.75) is 25.6 Å². The van der Waals surface area contributed by atoms with E-state index in [4.69, 9.17) is 27.9 Å². The van der Waals surface area contributed by atoms with Crippen LogP contribution in [0.3, 0.4) is 0 Å². The molecule has 1 fully saturated rings. The summed E-state index contributed by atoms with van der Waals surface area (Å²) in [5.41, 5.74) is 0.237. The number of alkyl halides is 1. The summed E-state index contributed by atoms with van der Waals surface area (Å²) in [6.07, 6.45) is -0.138. The Balaban J connectivity index is 2.25. The van der Waals surface area contributed by atoms with Crippen LogP contribution in [-0.2, 0) is 4.74 Å². The Bertz CT molecular complexity index is 522. The highest BCUT2D eigenvalue weighted by molar-refractivity contribution is 14.1. The fourth-order valence-electron chi connectivity index (χ4n) is 2.36. The van der Waals surface area contributed by atoms with Crippen molar-refractivity contribution in [3.8, 4) is 0 Å². The minimum absolute atomic E-state index is 0.0246. The van der Waals surface area contributed by atoms with E-state index >= 15 is 0 Å². The van der Waals surface area contributed by atoms with Crippen LogP contribution in [0.2, 0.25) is 5.02 Å². The van der Waals surface area contributed by atoms with Crippen LogP contribution >= 0.6 is 45.8 Å². The SMILES string of the molecule is CC1(C)CN(C(=O)c2cc(Cl)ccc2I)CC(CCl)O1. The number of hydrogen-bond donors (Lipinski definition) is 0. The summed E-state index contributed by atoms with van der Waals surface area (Å²) in [7, 11) is 0. The molecular weight excluding hydrogens is 412 g/mol. The fourth-order valence-corrected chi connectivity index (χ4v) is 3.26. The molecule has 0 aromatic heterocycles. The summed E-state index contributed by atoms with van der Waals surface area (Å²) in [5.74, 6) is 0.350. The highest BCUT2D eigenvalue weighted by Gasteiger charge is 2.35. The largest absolute Gasteiger partial charge is 0.367 e. The van der Waals surface area contributed by atoms with Crippen LogP contribution < -0.4 is 0 Å². The van der Waals surface area contributed by atoms with Crippen molar-refractivity contribution < 1.29 is 9.53 Å². The van der Waals surface area contributed by atoms with Crippen LogP contribution in [0.4, 0.5) is 0 Å². The van der Waals surface area contributed by atoms with E-state index in [9.17, 15) is 4.79 Å². The minimum Gasteiger partial charge on any atom is -0.367 e. The quantitative estimate of drug-likeness (QED) is 0.530.